The largest absolute Gasteiger partial charge is 0.480 e. The van der Waals surface area contributed by atoms with Crippen molar-refractivity contribution in [3.8, 4) is 0 Å². The van der Waals surface area contributed by atoms with Crippen molar-refractivity contribution in [1.29, 1.82) is 0 Å². The Morgan fingerprint density at radius 1 is 1.21 bits per heavy atom. The number of carbonyl (C=O) groups is 3. The number of Topliss-reactive ketones (excluding diaryl/α,β-unsaturated/α-hetero) is 1. The van der Waals surface area contributed by atoms with Gasteiger partial charge in [-0.25, -0.2) is 13.4 Å². The normalized spacial score (nSPS) is 20.9. The predicted octanol–water partition coefficient (Wildman–Crippen LogP) is 5.39. The van der Waals surface area contributed by atoms with Gasteiger partial charge in [-0.05, 0) is 81.4 Å². The molecule has 3 aliphatic rings. The molecule has 2 aromatic rings. The van der Waals surface area contributed by atoms with E-state index >= 15 is 0 Å². The predicted molar refractivity (Wildman–Crippen MR) is 147 cm³/mol. The van der Waals surface area contributed by atoms with Gasteiger partial charge in [-0.15, -0.1) is 0 Å². The van der Waals surface area contributed by atoms with E-state index in [0.717, 1.165) is 30.4 Å². The number of hydrogen-bond acceptors (Lipinski definition) is 8. The lowest BCUT2D eigenvalue weighted by Gasteiger charge is -2.21. The van der Waals surface area contributed by atoms with Crippen molar-refractivity contribution in [2.24, 2.45) is 5.92 Å². The zero-order valence-electron chi connectivity index (χ0n) is 21.4. The second kappa shape index (κ2) is 10.4. The Hall–Kier alpha value is -2.24. The fourth-order valence-electron chi connectivity index (χ4n) is 4.99. The van der Waals surface area contributed by atoms with E-state index < -0.39 is 26.5 Å². The molecule has 11 heteroatoms. The minimum atomic E-state index is -3.36. The number of thiazole rings is 1. The van der Waals surface area contributed by atoms with Gasteiger partial charge in [0.15, 0.2) is 15.0 Å². The van der Waals surface area contributed by atoms with Crippen LogP contribution in [0, 0.1) is 5.92 Å². The number of carbonyl (C=O) groups excluding carboxylic acids is 2. The minimum Gasteiger partial charge on any atom is -0.480 e. The summed E-state index contributed by atoms with van der Waals surface area (Å²) < 4.78 is 25.8. The first-order valence-corrected chi connectivity index (χ1v) is 16.2. The Labute approximate surface area is 230 Å². The fraction of sp³-hybridized carbons (Fsp3) is 0.556. The molecule has 5 rings (SSSR count). The van der Waals surface area contributed by atoms with Crippen molar-refractivity contribution in [2.75, 3.05) is 5.32 Å². The lowest BCUT2D eigenvalue weighted by atomic mass is 9.86. The molecule has 0 bridgehead atoms. The molecule has 1 aromatic carbocycles. The van der Waals surface area contributed by atoms with Crippen molar-refractivity contribution in [2.45, 2.75) is 96.2 Å². The standard InChI is InChI=1S/C27H32N2O6S3/c1-27(2,25(32)33)37-23-14-28-26(36-23)29-24(31)21(12-15-3-7-18(30)11-15)17-6-10-22(20(13-17)16-4-5-16)38(34,35)19-8-9-19/h6,10,13-16,19,21H,3-5,7-9,11-12H2,1-2H3,(H,32,33)(H,28,29,31)/t15-,21+/m0/s1. The number of aromatic nitrogens is 1. The number of sulfone groups is 1. The summed E-state index contributed by atoms with van der Waals surface area (Å²) in [5.74, 6) is -1.25. The van der Waals surface area contributed by atoms with Gasteiger partial charge in [0.05, 0.1) is 26.5 Å². The Bertz CT molecular complexity index is 1370. The summed E-state index contributed by atoms with van der Waals surface area (Å²) in [6.45, 7) is 3.23. The van der Waals surface area contributed by atoms with Crippen LogP contribution in [0.4, 0.5) is 5.13 Å². The van der Waals surface area contributed by atoms with Crippen LogP contribution in [0.3, 0.4) is 0 Å². The van der Waals surface area contributed by atoms with E-state index in [-0.39, 0.29) is 28.8 Å². The molecule has 3 aliphatic carbocycles. The lowest BCUT2D eigenvalue weighted by Crippen LogP contribution is -2.26. The number of thioether (sulfide) groups is 1. The highest BCUT2D eigenvalue weighted by Gasteiger charge is 2.41. The van der Waals surface area contributed by atoms with Crippen molar-refractivity contribution < 1.29 is 27.9 Å². The molecule has 1 amide bonds. The monoisotopic (exact) mass is 576 g/mol. The van der Waals surface area contributed by atoms with Gasteiger partial charge in [0.1, 0.15) is 10.5 Å². The Morgan fingerprint density at radius 2 is 1.95 bits per heavy atom. The third-order valence-electron chi connectivity index (χ3n) is 7.54. The van der Waals surface area contributed by atoms with Gasteiger partial charge in [-0.3, -0.25) is 14.4 Å². The molecular weight excluding hydrogens is 545 g/mol. The molecule has 38 heavy (non-hydrogen) atoms. The average molecular weight is 577 g/mol. The maximum absolute atomic E-state index is 13.6. The van der Waals surface area contributed by atoms with Crippen molar-refractivity contribution in [3.63, 3.8) is 0 Å². The number of carboxylic acids is 1. The molecular formula is C27H32N2O6S3. The number of hydrogen-bond donors (Lipinski definition) is 2. The lowest BCUT2D eigenvalue weighted by molar-refractivity contribution is -0.138. The summed E-state index contributed by atoms with van der Waals surface area (Å²) >= 11 is 2.39. The number of anilines is 1. The second-order valence-corrected chi connectivity index (χ2v) is 16.3. The molecule has 2 atom stereocenters. The molecule has 3 fully saturated rings. The molecule has 0 spiro atoms. The fourth-order valence-corrected chi connectivity index (χ4v) is 9.19. The van der Waals surface area contributed by atoms with Crippen LogP contribution in [0.25, 0.3) is 0 Å². The Kier molecular flexibility index (Phi) is 7.47. The third kappa shape index (κ3) is 5.99. The van der Waals surface area contributed by atoms with E-state index in [1.807, 2.05) is 6.07 Å². The number of rotatable bonds is 11. The molecule has 3 saturated carbocycles. The zero-order chi connectivity index (χ0) is 27.2. The molecule has 0 aliphatic heterocycles. The van der Waals surface area contributed by atoms with Crippen LogP contribution in [0.5, 0.6) is 0 Å². The summed E-state index contributed by atoms with van der Waals surface area (Å²) in [5.41, 5.74) is 1.58. The maximum atomic E-state index is 13.6. The number of aliphatic carboxylic acids is 1. The van der Waals surface area contributed by atoms with E-state index in [2.05, 4.69) is 10.3 Å². The van der Waals surface area contributed by atoms with Crippen molar-refractivity contribution in [1.82, 2.24) is 4.98 Å². The van der Waals surface area contributed by atoms with Gasteiger partial charge >= 0.3 is 5.97 Å². The van der Waals surface area contributed by atoms with Gasteiger partial charge in [0.2, 0.25) is 5.91 Å². The first-order valence-electron chi connectivity index (χ1n) is 13.0. The van der Waals surface area contributed by atoms with Crippen molar-refractivity contribution >= 4 is 55.7 Å². The van der Waals surface area contributed by atoms with Gasteiger partial charge in [-0.2, -0.15) is 0 Å². The van der Waals surface area contributed by atoms with Gasteiger partial charge in [0, 0.05) is 12.8 Å². The summed E-state index contributed by atoms with van der Waals surface area (Å²) in [6, 6.07) is 5.36. The number of ketones is 1. The van der Waals surface area contributed by atoms with Gasteiger partial charge in [0.25, 0.3) is 0 Å². The molecule has 0 radical (unpaired) electrons. The molecule has 0 unspecified atom stereocenters. The first kappa shape index (κ1) is 27.3. The number of nitrogens with zero attached hydrogens (tertiary/aromatic N) is 1. The SMILES string of the molecule is CC(C)(Sc1cnc(NC(=O)[C@H](C[C@H]2CCC(=O)C2)c2ccc(S(=O)(=O)C3CC3)c(C3CC3)c2)s1)C(=O)O. The van der Waals surface area contributed by atoms with E-state index in [4.69, 9.17) is 0 Å². The van der Waals surface area contributed by atoms with Crippen LogP contribution in [-0.2, 0) is 24.2 Å². The summed E-state index contributed by atoms with van der Waals surface area (Å²) in [4.78, 5) is 41.8. The van der Waals surface area contributed by atoms with E-state index in [9.17, 15) is 27.9 Å². The van der Waals surface area contributed by atoms with Crippen LogP contribution in [0.2, 0.25) is 0 Å². The Morgan fingerprint density at radius 3 is 2.55 bits per heavy atom. The molecule has 1 aromatic heterocycles. The second-order valence-electron chi connectivity index (χ2n) is 11.1. The quantitative estimate of drug-likeness (QED) is 0.340. The molecule has 1 heterocycles. The number of nitrogens with one attached hydrogen (secondary N) is 1. The summed E-state index contributed by atoms with van der Waals surface area (Å²) in [6.07, 6.45) is 7.06. The zero-order valence-corrected chi connectivity index (χ0v) is 23.9. The molecule has 204 valence electrons. The van der Waals surface area contributed by atoms with E-state index in [1.54, 1.807) is 32.2 Å². The third-order valence-corrected chi connectivity index (χ3v) is 12.1. The highest BCUT2D eigenvalue weighted by molar-refractivity contribution is 8.03. The number of amides is 1. The van der Waals surface area contributed by atoms with E-state index in [0.29, 0.717) is 46.3 Å². The van der Waals surface area contributed by atoms with Crippen LogP contribution in [0.15, 0.2) is 33.5 Å². The van der Waals surface area contributed by atoms with E-state index in [1.165, 1.54) is 23.1 Å². The first-order chi connectivity index (χ1) is 17.9. The number of carboxylic acid groups (broad SMARTS) is 1. The maximum Gasteiger partial charge on any atom is 0.319 e. The summed E-state index contributed by atoms with van der Waals surface area (Å²) in [5, 5.41) is 12.4. The molecule has 8 nitrogen and oxygen atoms in total. The van der Waals surface area contributed by atoms with Crippen LogP contribution >= 0.6 is 23.1 Å². The van der Waals surface area contributed by atoms with Gasteiger partial charge in [-0.1, -0.05) is 35.2 Å². The highest BCUT2D eigenvalue weighted by atomic mass is 32.2. The number of benzene rings is 1. The van der Waals surface area contributed by atoms with Crippen LogP contribution < -0.4 is 5.32 Å². The van der Waals surface area contributed by atoms with Crippen LogP contribution in [-0.4, -0.2) is 46.2 Å². The van der Waals surface area contributed by atoms with Gasteiger partial charge < -0.3 is 10.4 Å². The minimum absolute atomic E-state index is 0.0938. The Balaban J connectivity index is 1.41. The van der Waals surface area contributed by atoms with Crippen LogP contribution in [0.1, 0.15) is 88.2 Å². The molecule has 2 N–H and O–H groups in total. The van der Waals surface area contributed by atoms with Crippen molar-refractivity contribution in [3.05, 3.63) is 35.5 Å². The average Bonchev–Trinajstić information content (AvgIpc) is 3.78. The smallest absolute Gasteiger partial charge is 0.319 e. The molecule has 0 saturated heterocycles. The highest BCUT2D eigenvalue weighted by Crippen LogP contribution is 2.47. The summed E-state index contributed by atoms with van der Waals surface area (Å²) in [7, 11) is -3.36. The topological polar surface area (TPSA) is 130 Å².